The van der Waals surface area contributed by atoms with E-state index in [-0.39, 0.29) is 10.7 Å². The Hall–Kier alpha value is -2.41. The first-order valence-electron chi connectivity index (χ1n) is 6.83. The molecule has 1 aromatic rings. The van der Waals surface area contributed by atoms with Gasteiger partial charge in [0.2, 0.25) is 0 Å². The van der Waals surface area contributed by atoms with E-state index < -0.39 is 11.8 Å². The summed E-state index contributed by atoms with van der Waals surface area (Å²) in [6.45, 7) is 4.74. The molecule has 1 aliphatic rings. The quantitative estimate of drug-likeness (QED) is 0.487. The fraction of sp³-hybridized carbons (Fsp3) is 0.267. The normalized spacial score (nSPS) is 14.3. The van der Waals surface area contributed by atoms with Crippen LogP contribution in [-0.4, -0.2) is 30.1 Å². The summed E-state index contributed by atoms with van der Waals surface area (Å²) in [4.78, 5) is 23.6. The number of rotatable bonds is 5. The highest BCUT2D eigenvalue weighted by Gasteiger charge is 2.25. The van der Waals surface area contributed by atoms with Gasteiger partial charge in [-0.3, -0.25) is 20.2 Å². The van der Waals surface area contributed by atoms with Gasteiger partial charge in [-0.25, -0.2) is 0 Å². The van der Waals surface area contributed by atoms with Gasteiger partial charge in [0.15, 0.2) is 16.6 Å². The summed E-state index contributed by atoms with van der Waals surface area (Å²) in [6.07, 6.45) is 1.48. The summed E-state index contributed by atoms with van der Waals surface area (Å²) in [6, 6.07) is 5.20. The molecule has 1 aromatic carbocycles. The minimum atomic E-state index is -0.527. The smallest absolute Gasteiger partial charge is 0.263 e. The molecule has 7 heteroatoms. The van der Waals surface area contributed by atoms with Crippen LogP contribution in [0.25, 0.3) is 6.08 Å². The van der Waals surface area contributed by atoms with Crippen LogP contribution >= 0.6 is 12.2 Å². The first kappa shape index (κ1) is 16.0. The SMILES string of the molecule is CCOc1ccc(C=C2C(=O)NC(=S)NC2=O)cc1OCC. The number of benzene rings is 1. The van der Waals surface area contributed by atoms with Gasteiger partial charge >= 0.3 is 0 Å². The minimum Gasteiger partial charge on any atom is -0.490 e. The van der Waals surface area contributed by atoms with E-state index in [1.165, 1.54) is 6.08 Å². The fourth-order valence-electron chi connectivity index (χ4n) is 1.93. The van der Waals surface area contributed by atoms with Gasteiger partial charge in [0, 0.05) is 0 Å². The van der Waals surface area contributed by atoms with Crippen molar-refractivity contribution in [2.24, 2.45) is 0 Å². The Kier molecular flexibility index (Phi) is 5.11. The van der Waals surface area contributed by atoms with Gasteiger partial charge in [0.25, 0.3) is 11.8 Å². The van der Waals surface area contributed by atoms with Crippen LogP contribution < -0.4 is 20.1 Å². The van der Waals surface area contributed by atoms with E-state index in [0.29, 0.717) is 30.3 Å². The lowest BCUT2D eigenvalue weighted by Gasteiger charge is -2.16. The van der Waals surface area contributed by atoms with Crippen molar-refractivity contribution in [2.45, 2.75) is 13.8 Å². The molecule has 1 saturated heterocycles. The molecule has 1 aliphatic heterocycles. The number of nitrogens with one attached hydrogen (secondary N) is 2. The van der Waals surface area contributed by atoms with Crippen LogP contribution in [0.5, 0.6) is 11.5 Å². The van der Waals surface area contributed by atoms with Crippen LogP contribution in [0.15, 0.2) is 23.8 Å². The third-order valence-corrected chi connectivity index (χ3v) is 3.03. The predicted molar refractivity (Wildman–Crippen MR) is 85.6 cm³/mol. The van der Waals surface area contributed by atoms with Crippen LogP contribution in [0, 0.1) is 0 Å². The van der Waals surface area contributed by atoms with E-state index in [2.05, 4.69) is 10.6 Å². The van der Waals surface area contributed by atoms with Crippen LogP contribution in [-0.2, 0) is 9.59 Å². The lowest BCUT2D eigenvalue weighted by atomic mass is 10.1. The zero-order valence-electron chi connectivity index (χ0n) is 12.3. The van der Waals surface area contributed by atoms with Crippen LogP contribution in [0.2, 0.25) is 0 Å². The number of carbonyl (C=O) groups is 2. The second-order valence-electron chi connectivity index (χ2n) is 4.37. The van der Waals surface area contributed by atoms with Gasteiger partial charge in [0.05, 0.1) is 13.2 Å². The molecular weight excluding hydrogens is 304 g/mol. The second kappa shape index (κ2) is 7.04. The standard InChI is InChI=1S/C15H16N2O4S/c1-3-20-11-6-5-9(8-12(11)21-4-2)7-10-13(18)16-15(22)17-14(10)19/h5-8H,3-4H2,1-2H3,(H2,16,17,18,19,22). The highest BCUT2D eigenvalue weighted by atomic mass is 32.1. The van der Waals surface area contributed by atoms with Crippen molar-refractivity contribution >= 4 is 35.2 Å². The lowest BCUT2D eigenvalue weighted by molar-refractivity contribution is -0.123. The van der Waals surface area contributed by atoms with Crippen LogP contribution in [0.3, 0.4) is 0 Å². The Morgan fingerprint density at radius 2 is 1.64 bits per heavy atom. The summed E-state index contributed by atoms with van der Waals surface area (Å²) in [5.41, 5.74) is 0.639. The van der Waals surface area contributed by atoms with Crippen LogP contribution in [0.4, 0.5) is 0 Å². The number of amides is 2. The van der Waals surface area contributed by atoms with Crippen molar-refractivity contribution in [1.82, 2.24) is 10.6 Å². The Morgan fingerprint density at radius 3 is 2.23 bits per heavy atom. The van der Waals surface area contributed by atoms with Gasteiger partial charge in [0.1, 0.15) is 5.57 Å². The number of hydrogen-bond donors (Lipinski definition) is 2. The van der Waals surface area contributed by atoms with E-state index in [1.807, 2.05) is 13.8 Å². The first-order chi connectivity index (χ1) is 10.5. The molecule has 0 aliphatic carbocycles. The van der Waals surface area contributed by atoms with E-state index in [1.54, 1.807) is 18.2 Å². The maximum Gasteiger partial charge on any atom is 0.263 e. The number of ether oxygens (including phenoxy) is 2. The molecule has 1 heterocycles. The third-order valence-electron chi connectivity index (χ3n) is 2.82. The zero-order valence-corrected chi connectivity index (χ0v) is 13.1. The molecule has 2 amide bonds. The van der Waals surface area contributed by atoms with E-state index in [4.69, 9.17) is 21.7 Å². The van der Waals surface area contributed by atoms with Crippen molar-refractivity contribution in [1.29, 1.82) is 0 Å². The van der Waals surface area contributed by atoms with Crippen molar-refractivity contribution in [3.8, 4) is 11.5 Å². The van der Waals surface area contributed by atoms with Crippen LogP contribution in [0.1, 0.15) is 19.4 Å². The molecule has 6 nitrogen and oxygen atoms in total. The monoisotopic (exact) mass is 320 g/mol. The zero-order chi connectivity index (χ0) is 16.1. The summed E-state index contributed by atoms with van der Waals surface area (Å²) in [5, 5.41) is 4.78. The number of hydrogen-bond acceptors (Lipinski definition) is 5. The molecule has 0 aromatic heterocycles. The van der Waals surface area contributed by atoms with Gasteiger partial charge in [-0.05, 0) is 49.8 Å². The number of thiocarbonyl (C=S) groups is 1. The van der Waals surface area contributed by atoms with Crippen molar-refractivity contribution < 1.29 is 19.1 Å². The molecule has 0 unspecified atom stereocenters. The summed E-state index contributed by atoms with van der Waals surface area (Å²) >= 11 is 4.75. The summed E-state index contributed by atoms with van der Waals surface area (Å²) in [5.74, 6) is 0.122. The topological polar surface area (TPSA) is 76.7 Å². The molecule has 0 spiro atoms. The van der Waals surface area contributed by atoms with Crippen molar-refractivity contribution in [2.75, 3.05) is 13.2 Å². The van der Waals surface area contributed by atoms with Gasteiger partial charge in [-0.2, -0.15) is 0 Å². The molecule has 2 rings (SSSR count). The largest absolute Gasteiger partial charge is 0.490 e. The van der Waals surface area contributed by atoms with Crippen molar-refractivity contribution in [3.05, 3.63) is 29.3 Å². The van der Waals surface area contributed by atoms with Gasteiger partial charge < -0.3 is 9.47 Å². The Bertz CT molecular complexity index is 633. The summed E-state index contributed by atoms with van der Waals surface area (Å²) in [7, 11) is 0. The Balaban J connectivity index is 2.34. The molecule has 1 fully saturated rings. The molecule has 0 bridgehead atoms. The number of carbonyl (C=O) groups excluding carboxylic acids is 2. The third kappa shape index (κ3) is 3.62. The van der Waals surface area contributed by atoms with E-state index in [0.717, 1.165) is 0 Å². The highest BCUT2D eigenvalue weighted by molar-refractivity contribution is 7.80. The highest BCUT2D eigenvalue weighted by Crippen LogP contribution is 2.29. The van der Waals surface area contributed by atoms with Crippen molar-refractivity contribution in [3.63, 3.8) is 0 Å². The average molecular weight is 320 g/mol. The molecule has 22 heavy (non-hydrogen) atoms. The second-order valence-corrected chi connectivity index (χ2v) is 4.78. The minimum absolute atomic E-state index is 0.00819. The molecule has 0 atom stereocenters. The molecule has 116 valence electrons. The first-order valence-corrected chi connectivity index (χ1v) is 7.24. The van der Waals surface area contributed by atoms with Gasteiger partial charge in [-0.1, -0.05) is 6.07 Å². The van der Waals surface area contributed by atoms with E-state index in [9.17, 15) is 9.59 Å². The Labute approximate surface area is 133 Å². The van der Waals surface area contributed by atoms with Gasteiger partial charge in [-0.15, -0.1) is 0 Å². The molecule has 0 saturated carbocycles. The fourth-order valence-corrected chi connectivity index (χ4v) is 2.12. The van der Waals surface area contributed by atoms with E-state index >= 15 is 0 Å². The molecule has 0 radical (unpaired) electrons. The Morgan fingerprint density at radius 1 is 1.05 bits per heavy atom. The predicted octanol–water partition coefficient (Wildman–Crippen LogP) is 1.40. The lowest BCUT2D eigenvalue weighted by Crippen LogP contribution is -2.51. The maximum atomic E-state index is 11.8. The summed E-state index contributed by atoms with van der Waals surface area (Å²) < 4.78 is 11.0. The maximum absolute atomic E-state index is 11.8. The molecular formula is C15H16N2O4S. The molecule has 2 N–H and O–H groups in total. The average Bonchev–Trinajstić information content (AvgIpc) is 2.46.